The number of carbonyl (C=O) groups excluding carboxylic acids is 1. The van der Waals surface area contributed by atoms with Crippen molar-refractivity contribution in [3.63, 3.8) is 0 Å². The highest BCUT2D eigenvalue weighted by atomic mass is 28.3. The molecule has 1 aromatic carbocycles. The fourth-order valence-corrected chi connectivity index (χ4v) is 4.89. The highest BCUT2D eigenvalue weighted by Crippen LogP contribution is 2.33. The lowest BCUT2D eigenvalue weighted by atomic mass is 10.1. The lowest BCUT2D eigenvalue weighted by molar-refractivity contribution is -0.111. The monoisotopic (exact) mass is 562 g/mol. The van der Waals surface area contributed by atoms with Crippen molar-refractivity contribution < 1.29 is 19.4 Å². The summed E-state index contributed by atoms with van der Waals surface area (Å²) >= 11 is 0. The molecule has 2 N–H and O–H groups in total. The van der Waals surface area contributed by atoms with Crippen LogP contribution < -0.4 is 10.1 Å². The Morgan fingerprint density at radius 3 is 2.70 bits per heavy atom. The molecule has 0 spiro atoms. The van der Waals surface area contributed by atoms with Crippen LogP contribution in [0.15, 0.2) is 55.5 Å². The molecule has 40 heavy (non-hydrogen) atoms. The SMILES string of the molecule is C=CC(=O)Nc1cccc(Oc2cnc3c(n2)c(-c2cn(CC(C)(C)O)nc2C)cn3COCC[Si](C)(C)C)c1. The van der Waals surface area contributed by atoms with Gasteiger partial charge in [-0.2, -0.15) is 5.10 Å². The van der Waals surface area contributed by atoms with Crippen LogP contribution in [0.3, 0.4) is 0 Å². The zero-order valence-corrected chi connectivity index (χ0v) is 25.1. The van der Waals surface area contributed by atoms with Gasteiger partial charge in [-0.15, -0.1) is 0 Å². The van der Waals surface area contributed by atoms with E-state index < -0.39 is 13.7 Å². The number of nitrogens with one attached hydrogen (secondary N) is 1. The molecule has 0 unspecified atom stereocenters. The van der Waals surface area contributed by atoms with E-state index in [0.717, 1.165) is 22.9 Å². The molecule has 0 bridgehead atoms. The average molecular weight is 563 g/mol. The zero-order valence-electron chi connectivity index (χ0n) is 24.1. The number of ether oxygens (including phenoxy) is 2. The Bertz CT molecular complexity index is 1510. The Morgan fingerprint density at radius 1 is 1.23 bits per heavy atom. The van der Waals surface area contributed by atoms with E-state index in [9.17, 15) is 9.90 Å². The molecule has 0 radical (unpaired) electrons. The maximum absolute atomic E-state index is 11.7. The van der Waals surface area contributed by atoms with Gasteiger partial charge < -0.3 is 24.5 Å². The number of carbonyl (C=O) groups is 1. The van der Waals surface area contributed by atoms with Gasteiger partial charge in [0.2, 0.25) is 11.8 Å². The number of rotatable bonds is 12. The number of aliphatic hydroxyl groups is 1. The predicted molar refractivity (Wildman–Crippen MR) is 159 cm³/mol. The van der Waals surface area contributed by atoms with Crippen LogP contribution in [0.25, 0.3) is 22.3 Å². The topological polar surface area (TPSA) is 116 Å². The van der Waals surface area contributed by atoms with Crippen molar-refractivity contribution in [2.45, 2.75) is 65.3 Å². The molecule has 0 aliphatic rings. The van der Waals surface area contributed by atoms with E-state index in [1.165, 1.54) is 6.08 Å². The van der Waals surface area contributed by atoms with Gasteiger partial charge in [0.1, 0.15) is 18.0 Å². The Morgan fingerprint density at radius 2 is 2.00 bits per heavy atom. The van der Waals surface area contributed by atoms with E-state index in [1.54, 1.807) is 49.0 Å². The van der Waals surface area contributed by atoms with Gasteiger partial charge in [0, 0.05) is 50.0 Å². The van der Waals surface area contributed by atoms with Gasteiger partial charge >= 0.3 is 0 Å². The second-order valence-electron chi connectivity index (χ2n) is 11.7. The number of aryl methyl sites for hydroxylation is 1. The van der Waals surface area contributed by atoms with E-state index in [0.29, 0.717) is 48.4 Å². The van der Waals surface area contributed by atoms with Gasteiger partial charge in [0.25, 0.3) is 0 Å². The Kier molecular flexibility index (Phi) is 8.57. The highest BCUT2D eigenvalue weighted by Gasteiger charge is 2.21. The molecule has 0 aliphatic heterocycles. The minimum Gasteiger partial charge on any atom is -0.437 e. The average Bonchev–Trinajstić information content (AvgIpc) is 3.39. The summed E-state index contributed by atoms with van der Waals surface area (Å²) in [5, 5.41) is 17.7. The lowest BCUT2D eigenvalue weighted by Crippen LogP contribution is -2.26. The summed E-state index contributed by atoms with van der Waals surface area (Å²) in [7, 11) is -1.22. The maximum Gasteiger partial charge on any atom is 0.247 e. The standard InChI is InChI=1S/C29H38N6O4Si/c1-8-25(36)31-21-10-9-11-22(14-21)39-26-15-30-28-27(32-26)24(16-34(28)19-38-12-13-40(5,6)7)23-17-35(33-20(23)2)18-29(3,4)37/h8-11,14-17,37H,1,12-13,18-19H2,2-7H3,(H,31,36). The minimum atomic E-state index is -1.22. The third-order valence-electron chi connectivity index (χ3n) is 6.06. The van der Waals surface area contributed by atoms with Crippen molar-refractivity contribution in [2.75, 3.05) is 11.9 Å². The summed E-state index contributed by atoms with van der Waals surface area (Å²) in [6.07, 6.45) is 6.68. The van der Waals surface area contributed by atoms with Crippen LogP contribution in [-0.4, -0.2) is 55.6 Å². The number of nitrogens with zero attached hydrogens (tertiary/aromatic N) is 5. The van der Waals surface area contributed by atoms with Crippen LogP contribution in [-0.2, 0) is 22.8 Å². The molecule has 212 valence electrons. The Labute approximate surface area is 235 Å². The Balaban J connectivity index is 1.69. The first-order chi connectivity index (χ1) is 18.8. The molecule has 0 saturated carbocycles. The number of anilines is 1. The van der Waals surface area contributed by atoms with E-state index in [1.807, 2.05) is 23.9 Å². The number of hydrogen-bond acceptors (Lipinski definition) is 7. The van der Waals surface area contributed by atoms with Crippen molar-refractivity contribution in [3.05, 3.63) is 61.2 Å². The zero-order chi connectivity index (χ0) is 29.1. The van der Waals surface area contributed by atoms with Crippen molar-refractivity contribution >= 4 is 30.8 Å². The summed E-state index contributed by atoms with van der Waals surface area (Å²) < 4.78 is 15.8. The number of benzene rings is 1. The number of aromatic nitrogens is 5. The number of amides is 1. The highest BCUT2D eigenvalue weighted by molar-refractivity contribution is 6.76. The first-order valence-corrected chi connectivity index (χ1v) is 16.9. The second kappa shape index (κ2) is 11.7. The van der Waals surface area contributed by atoms with Crippen molar-refractivity contribution in [1.82, 2.24) is 24.3 Å². The fourth-order valence-electron chi connectivity index (χ4n) is 4.13. The van der Waals surface area contributed by atoms with Gasteiger partial charge in [0.05, 0.1) is 24.0 Å². The van der Waals surface area contributed by atoms with Crippen molar-refractivity contribution in [3.8, 4) is 22.8 Å². The van der Waals surface area contributed by atoms with E-state index in [2.05, 4.69) is 41.6 Å². The van der Waals surface area contributed by atoms with Crippen LogP contribution in [0.2, 0.25) is 25.7 Å². The minimum absolute atomic E-state index is 0.305. The second-order valence-corrected chi connectivity index (χ2v) is 17.3. The molecular formula is C29H38N6O4Si. The van der Waals surface area contributed by atoms with Crippen molar-refractivity contribution in [2.24, 2.45) is 0 Å². The molecule has 4 aromatic rings. The fraction of sp³-hybridized carbons (Fsp3) is 0.379. The van der Waals surface area contributed by atoms with E-state index in [-0.39, 0.29) is 5.91 Å². The third kappa shape index (κ3) is 7.65. The first-order valence-electron chi connectivity index (χ1n) is 13.2. The summed E-state index contributed by atoms with van der Waals surface area (Å²) in [6, 6.07) is 8.09. The summed E-state index contributed by atoms with van der Waals surface area (Å²) in [4.78, 5) is 21.2. The number of fused-ring (bicyclic) bond motifs is 1. The molecule has 1 amide bonds. The van der Waals surface area contributed by atoms with Crippen LogP contribution in [0, 0.1) is 6.92 Å². The summed E-state index contributed by atoms with van der Waals surface area (Å²) in [5.74, 6) is 0.497. The summed E-state index contributed by atoms with van der Waals surface area (Å²) in [6.45, 7) is 17.3. The van der Waals surface area contributed by atoms with Gasteiger partial charge in [-0.25, -0.2) is 9.97 Å². The third-order valence-corrected chi connectivity index (χ3v) is 7.77. The predicted octanol–water partition coefficient (Wildman–Crippen LogP) is 5.60. The molecule has 0 atom stereocenters. The molecular weight excluding hydrogens is 524 g/mol. The molecule has 0 saturated heterocycles. The van der Waals surface area contributed by atoms with Crippen LogP contribution in [0.5, 0.6) is 11.6 Å². The molecule has 3 aromatic heterocycles. The Hall–Kier alpha value is -3.80. The quantitative estimate of drug-likeness (QED) is 0.131. The molecule has 10 nitrogen and oxygen atoms in total. The van der Waals surface area contributed by atoms with Crippen LogP contribution in [0.1, 0.15) is 19.5 Å². The van der Waals surface area contributed by atoms with Gasteiger partial charge in [-0.05, 0) is 45.0 Å². The van der Waals surface area contributed by atoms with Crippen LogP contribution >= 0.6 is 0 Å². The smallest absolute Gasteiger partial charge is 0.247 e. The van der Waals surface area contributed by atoms with E-state index >= 15 is 0 Å². The van der Waals surface area contributed by atoms with Gasteiger partial charge in [0.15, 0.2) is 5.65 Å². The van der Waals surface area contributed by atoms with Crippen molar-refractivity contribution in [1.29, 1.82) is 0 Å². The maximum atomic E-state index is 11.7. The summed E-state index contributed by atoms with van der Waals surface area (Å²) in [5.41, 5.74) is 3.51. The first kappa shape index (κ1) is 29.2. The number of hydrogen-bond donors (Lipinski definition) is 2. The van der Waals surface area contributed by atoms with Gasteiger partial charge in [-0.3, -0.25) is 9.48 Å². The molecule has 4 rings (SSSR count). The molecule has 0 fully saturated rings. The molecule has 0 aliphatic carbocycles. The molecule has 3 heterocycles. The molecule has 11 heteroatoms. The van der Waals surface area contributed by atoms with E-state index in [4.69, 9.17) is 14.5 Å². The lowest BCUT2D eigenvalue weighted by Gasteiger charge is -2.16. The largest absolute Gasteiger partial charge is 0.437 e. The van der Waals surface area contributed by atoms with Crippen LogP contribution in [0.4, 0.5) is 5.69 Å². The normalized spacial score (nSPS) is 12.1. The van der Waals surface area contributed by atoms with Gasteiger partial charge in [-0.1, -0.05) is 32.3 Å².